The number of ether oxygens (including phenoxy) is 2. The highest BCUT2D eigenvalue weighted by Crippen LogP contribution is 2.19. The minimum absolute atomic E-state index is 0.421. The lowest BCUT2D eigenvalue weighted by Gasteiger charge is -2.09. The molecule has 0 aliphatic carbocycles. The highest BCUT2D eigenvalue weighted by Gasteiger charge is 2.02. The van der Waals surface area contributed by atoms with E-state index in [4.69, 9.17) is 9.47 Å². The van der Waals surface area contributed by atoms with Crippen LogP contribution in [0.1, 0.15) is 22.6 Å². The number of tetrazole rings is 1. The van der Waals surface area contributed by atoms with Crippen molar-refractivity contribution in [3.8, 4) is 11.5 Å². The minimum atomic E-state index is 0.421. The van der Waals surface area contributed by atoms with Gasteiger partial charge in [0.2, 0.25) is 0 Å². The van der Waals surface area contributed by atoms with E-state index in [1.807, 2.05) is 78.9 Å². The lowest BCUT2D eigenvalue weighted by molar-refractivity contribution is 0.298. The van der Waals surface area contributed by atoms with E-state index in [1.54, 1.807) is 6.08 Å². The van der Waals surface area contributed by atoms with Gasteiger partial charge < -0.3 is 9.47 Å². The fraction of sp³-hybridized carbons (Fsp3) is 0.0769. The van der Waals surface area contributed by atoms with E-state index in [-0.39, 0.29) is 0 Å². The minimum Gasteiger partial charge on any atom is -0.489 e. The molecule has 0 radical (unpaired) electrons. The summed E-state index contributed by atoms with van der Waals surface area (Å²) in [5.41, 5.74) is 3.91. The van der Waals surface area contributed by atoms with E-state index in [1.165, 1.54) is 0 Å². The summed E-state index contributed by atoms with van der Waals surface area (Å²) >= 11 is 0. The fourth-order valence-electron chi connectivity index (χ4n) is 3.31. The number of aromatic nitrogens is 5. The van der Waals surface area contributed by atoms with Crippen LogP contribution in [0.25, 0.3) is 23.1 Å². The zero-order valence-electron chi connectivity index (χ0n) is 17.8. The maximum atomic E-state index is 5.95. The Morgan fingerprint density at radius 2 is 1.64 bits per heavy atom. The maximum Gasteiger partial charge on any atom is 0.197 e. The average molecular weight is 435 g/mol. The molecule has 7 nitrogen and oxygen atoms in total. The van der Waals surface area contributed by atoms with Gasteiger partial charge in [-0.25, -0.2) is 4.98 Å². The topological polar surface area (TPSA) is 85.8 Å². The van der Waals surface area contributed by atoms with Crippen LogP contribution in [0, 0.1) is 0 Å². The van der Waals surface area contributed by atoms with Crippen molar-refractivity contribution >= 4 is 23.1 Å². The first kappa shape index (κ1) is 20.4. The van der Waals surface area contributed by atoms with Crippen molar-refractivity contribution in [2.24, 2.45) is 0 Å². The molecule has 0 aliphatic heterocycles. The molecule has 3 aromatic carbocycles. The molecule has 33 heavy (non-hydrogen) atoms. The molecule has 0 saturated heterocycles. The summed E-state index contributed by atoms with van der Waals surface area (Å²) in [6.07, 6.45) is 3.70. The van der Waals surface area contributed by atoms with Crippen LogP contribution < -0.4 is 9.47 Å². The van der Waals surface area contributed by atoms with Gasteiger partial charge in [-0.2, -0.15) is 5.21 Å². The molecule has 0 bridgehead atoms. The number of aromatic amines is 1. The first-order chi connectivity index (χ1) is 16.3. The van der Waals surface area contributed by atoms with Crippen LogP contribution in [0.5, 0.6) is 11.5 Å². The van der Waals surface area contributed by atoms with E-state index in [9.17, 15) is 0 Å². The van der Waals surface area contributed by atoms with Gasteiger partial charge in [0.25, 0.3) is 0 Å². The van der Waals surface area contributed by atoms with Gasteiger partial charge in [-0.15, -0.1) is 10.2 Å². The van der Waals surface area contributed by atoms with Crippen LogP contribution in [0.2, 0.25) is 0 Å². The molecule has 5 rings (SSSR count). The number of H-pyrrole nitrogens is 1. The SMILES string of the molecule is C(=Cc1nn[nH]n1)c1cccc(OCc2ccc(OCc3ccc4ccccc4n3)cc2)c1. The van der Waals surface area contributed by atoms with Crippen molar-refractivity contribution in [3.05, 3.63) is 108 Å². The number of nitrogens with one attached hydrogen (secondary N) is 1. The quantitative estimate of drug-likeness (QED) is 0.366. The van der Waals surface area contributed by atoms with Crippen LogP contribution in [-0.4, -0.2) is 25.6 Å². The van der Waals surface area contributed by atoms with Gasteiger partial charge in [0.15, 0.2) is 5.82 Å². The fourth-order valence-corrected chi connectivity index (χ4v) is 3.31. The molecule has 162 valence electrons. The number of pyridine rings is 1. The first-order valence-electron chi connectivity index (χ1n) is 10.5. The molecule has 0 saturated carbocycles. The van der Waals surface area contributed by atoms with Crippen LogP contribution >= 0.6 is 0 Å². The van der Waals surface area contributed by atoms with Crippen molar-refractivity contribution in [3.63, 3.8) is 0 Å². The summed E-state index contributed by atoms with van der Waals surface area (Å²) in [6, 6.07) is 27.9. The van der Waals surface area contributed by atoms with Gasteiger partial charge in [0.05, 0.1) is 11.2 Å². The largest absolute Gasteiger partial charge is 0.489 e. The second-order valence-electron chi connectivity index (χ2n) is 7.39. The van der Waals surface area contributed by atoms with E-state index >= 15 is 0 Å². The van der Waals surface area contributed by atoms with Gasteiger partial charge in [0, 0.05) is 5.39 Å². The number of fused-ring (bicyclic) bond motifs is 1. The van der Waals surface area contributed by atoms with Gasteiger partial charge >= 0.3 is 0 Å². The zero-order chi connectivity index (χ0) is 22.3. The second kappa shape index (κ2) is 9.74. The van der Waals surface area contributed by atoms with E-state index < -0.39 is 0 Å². The Kier molecular flexibility index (Phi) is 6.02. The molecule has 7 heteroatoms. The Bertz CT molecular complexity index is 1370. The van der Waals surface area contributed by atoms with Crippen LogP contribution in [0.4, 0.5) is 0 Å². The summed E-state index contributed by atoms with van der Waals surface area (Å²) < 4.78 is 11.8. The number of hydrogen-bond donors (Lipinski definition) is 1. The zero-order valence-corrected chi connectivity index (χ0v) is 17.8. The highest BCUT2D eigenvalue weighted by molar-refractivity contribution is 5.78. The molecule has 0 amide bonds. The van der Waals surface area contributed by atoms with Crippen molar-refractivity contribution in [1.82, 2.24) is 25.6 Å². The second-order valence-corrected chi connectivity index (χ2v) is 7.39. The van der Waals surface area contributed by atoms with Gasteiger partial charge in [-0.3, -0.25) is 0 Å². The summed E-state index contributed by atoms with van der Waals surface area (Å²) in [6.45, 7) is 0.884. The monoisotopic (exact) mass is 435 g/mol. The van der Waals surface area contributed by atoms with Gasteiger partial charge in [-0.1, -0.05) is 54.6 Å². The van der Waals surface area contributed by atoms with Crippen LogP contribution in [0.3, 0.4) is 0 Å². The lowest BCUT2D eigenvalue weighted by atomic mass is 10.2. The smallest absolute Gasteiger partial charge is 0.197 e. The molecule has 0 unspecified atom stereocenters. The average Bonchev–Trinajstić information content (AvgIpc) is 3.40. The number of rotatable bonds is 8. The third-order valence-electron chi connectivity index (χ3n) is 5.02. The predicted octanol–water partition coefficient (Wildman–Crippen LogP) is 5.08. The summed E-state index contributed by atoms with van der Waals surface area (Å²) in [4.78, 5) is 4.64. The Balaban J connectivity index is 1.15. The highest BCUT2D eigenvalue weighted by atomic mass is 16.5. The number of hydrogen-bond acceptors (Lipinski definition) is 6. The van der Waals surface area contributed by atoms with E-state index in [2.05, 4.69) is 37.7 Å². The Labute approximate surface area is 190 Å². The first-order valence-corrected chi connectivity index (χ1v) is 10.5. The molecule has 5 aromatic rings. The van der Waals surface area contributed by atoms with Crippen molar-refractivity contribution < 1.29 is 9.47 Å². The van der Waals surface area contributed by atoms with E-state index in [0.717, 1.165) is 39.2 Å². The molecule has 1 N–H and O–H groups in total. The molecule has 2 aromatic heterocycles. The van der Waals surface area contributed by atoms with Gasteiger partial charge in [0.1, 0.15) is 24.7 Å². The van der Waals surface area contributed by atoms with E-state index in [0.29, 0.717) is 19.0 Å². The maximum absolute atomic E-state index is 5.95. The van der Waals surface area contributed by atoms with Gasteiger partial charge in [-0.05, 0) is 58.8 Å². The predicted molar refractivity (Wildman–Crippen MR) is 126 cm³/mol. The lowest BCUT2D eigenvalue weighted by Crippen LogP contribution is -1.99. The Hall–Kier alpha value is -4.52. The molecule has 0 aliphatic rings. The van der Waals surface area contributed by atoms with Crippen LogP contribution in [-0.2, 0) is 13.2 Å². The molecule has 2 heterocycles. The third kappa shape index (κ3) is 5.40. The standard InChI is InChI=1S/C26H21N5O2/c1-2-7-25-21(5-1)11-12-22(27-25)18-33-23-13-8-20(9-14-23)17-32-24-6-3-4-19(16-24)10-15-26-28-30-31-29-26/h1-16H,17-18H2,(H,28,29,30,31). The Morgan fingerprint density at radius 3 is 2.52 bits per heavy atom. The molecule has 0 fully saturated rings. The van der Waals surface area contributed by atoms with Crippen molar-refractivity contribution in [2.45, 2.75) is 13.2 Å². The summed E-state index contributed by atoms with van der Waals surface area (Å²) in [5.74, 6) is 2.11. The van der Waals surface area contributed by atoms with Crippen molar-refractivity contribution in [2.75, 3.05) is 0 Å². The molecular weight excluding hydrogens is 414 g/mol. The third-order valence-corrected chi connectivity index (χ3v) is 5.02. The molecular formula is C26H21N5O2. The van der Waals surface area contributed by atoms with Crippen molar-refractivity contribution in [1.29, 1.82) is 0 Å². The normalized spacial score (nSPS) is 11.2. The summed E-state index contributed by atoms with van der Waals surface area (Å²) in [7, 11) is 0. The Morgan fingerprint density at radius 1 is 0.758 bits per heavy atom. The number of para-hydroxylation sites is 1. The number of benzene rings is 3. The number of nitrogens with zero attached hydrogens (tertiary/aromatic N) is 4. The summed E-state index contributed by atoms with van der Waals surface area (Å²) in [5, 5.41) is 14.9. The molecule has 0 spiro atoms. The van der Waals surface area contributed by atoms with Crippen LogP contribution in [0.15, 0.2) is 84.9 Å². The molecule has 0 atom stereocenters.